The van der Waals surface area contributed by atoms with Crippen molar-refractivity contribution in [2.24, 2.45) is 0 Å². The smallest absolute Gasteiger partial charge is 0.312 e. The topological polar surface area (TPSA) is 86.8 Å². The van der Waals surface area contributed by atoms with Gasteiger partial charge < -0.3 is 4.90 Å². The fraction of sp³-hybridized carbons (Fsp3) is 0.500. The Balaban J connectivity index is 1.92. The minimum Gasteiger partial charge on any atom is -0.312 e. The summed E-state index contributed by atoms with van der Waals surface area (Å²) < 4.78 is 26.2. The minimum absolute atomic E-state index is 0.117. The third kappa shape index (κ3) is 2.69. The number of nitrogens with one attached hydrogen (secondary N) is 1. The number of carbonyl (C=O) groups excluding carboxylic acids is 2. The molecule has 1 aromatic rings. The van der Waals surface area contributed by atoms with Gasteiger partial charge in [-0.25, -0.2) is 17.9 Å². The maximum Gasteiger partial charge on any atom is 0.328 e. The molecule has 0 bridgehead atoms. The fourth-order valence-electron chi connectivity index (χ4n) is 3.38. The molecule has 3 amide bonds. The molecule has 0 spiro atoms. The second kappa shape index (κ2) is 6.18. The van der Waals surface area contributed by atoms with Gasteiger partial charge in [0.05, 0.1) is 10.9 Å². The molecule has 0 radical (unpaired) electrons. The van der Waals surface area contributed by atoms with Crippen LogP contribution < -0.4 is 4.72 Å². The van der Waals surface area contributed by atoms with E-state index in [4.69, 9.17) is 0 Å². The van der Waals surface area contributed by atoms with Crippen LogP contribution in [0.5, 0.6) is 0 Å². The average Bonchev–Trinajstić information content (AvgIpc) is 2.86. The van der Waals surface area contributed by atoms with E-state index in [2.05, 4.69) is 4.72 Å². The van der Waals surface area contributed by atoms with Gasteiger partial charge in [0.25, 0.3) is 5.91 Å². The van der Waals surface area contributed by atoms with Crippen molar-refractivity contribution >= 4 is 22.0 Å². The van der Waals surface area contributed by atoms with Crippen LogP contribution >= 0.6 is 0 Å². The molecule has 2 heterocycles. The van der Waals surface area contributed by atoms with Gasteiger partial charge in [0, 0.05) is 6.54 Å². The number of amides is 3. The van der Waals surface area contributed by atoms with E-state index in [0.29, 0.717) is 18.5 Å². The number of piperidine rings is 1. The molecule has 2 fully saturated rings. The zero-order valence-corrected chi connectivity index (χ0v) is 14.5. The van der Waals surface area contributed by atoms with Crippen LogP contribution in [0.3, 0.4) is 0 Å². The molecule has 2 aliphatic rings. The first kappa shape index (κ1) is 16.9. The molecule has 3 rings (SSSR count). The van der Waals surface area contributed by atoms with E-state index >= 15 is 0 Å². The number of rotatable bonds is 4. The predicted octanol–water partition coefficient (Wildman–Crippen LogP) is 1.47. The molecule has 0 aromatic heterocycles. The van der Waals surface area contributed by atoms with Crippen LogP contribution in [0.1, 0.15) is 37.8 Å². The van der Waals surface area contributed by atoms with E-state index in [1.165, 1.54) is 24.1 Å². The molecule has 2 atom stereocenters. The van der Waals surface area contributed by atoms with Gasteiger partial charge >= 0.3 is 6.03 Å². The molecule has 0 saturated carbocycles. The monoisotopic (exact) mass is 351 g/mol. The maximum atomic E-state index is 12.6. The molecule has 1 N–H and O–H groups in total. The third-order valence-electron chi connectivity index (χ3n) is 4.78. The largest absolute Gasteiger partial charge is 0.328 e. The lowest BCUT2D eigenvalue weighted by Gasteiger charge is -2.26. The van der Waals surface area contributed by atoms with Gasteiger partial charge in [-0.05, 0) is 50.9 Å². The summed E-state index contributed by atoms with van der Waals surface area (Å²) in [6.45, 7) is 2.35. The Morgan fingerprint density at radius 2 is 2.00 bits per heavy atom. The zero-order chi connectivity index (χ0) is 17.5. The summed E-state index contributed by atoms with van der Waals surface area (Å²) in [5.41, 5.74) is 0.618. The predicted molar refractivity (Wildman–Crippen MR) is 87.7 cm³/mol. The number of sulfonamides is 1. The summed E-state index contributed by atoms with van der Waals surface area (Å²) >= 11 is 0. The van der Waals surface area contributed by atoms with Crippen molar-refractivity contribution in [1.29, 1.82) is 0 Å². The normalized spacial score (nSPS) is 22.7. The lowest BCUT2D eigenvalue weighted by Crippen LogP contribution is -2.39. The number of carbonyl (C=O) groups is 2. The zero-order valence-electron chi connectivity index (χ0n) is 13.7. The summed E-state index contributed by atoms with van der Waals surface area (Å²) in [5.74, 6) is -0.186. The van der Waals surface area contributed by atoms with Crippen molar-refractivity contribution < 1.29 is 18.0 Å². The van der Waals surface area contributed by atoms with Crippen molar-refractivity contribution in [3.8, 4) is 0 Å². The van der Waals surface area contributed by atoms with Gasteiger partial charge in [0.1, 0.15) is 6.04 Å². The molecular weight excluding hydrogens is 330 g/mol. The second-order valence-electron chi connectivity index (χ2n) is 6.15. The fourth-order valence-corrected chi connectivity index (χ4v) is 4.16. The Morgan fingerprint density at radius 1 is 1.25 bits per heavy atom. The van der Waals surface area contributed by atoms with Crippen molar-refractivity contribution in [2.45, 2.75) is 43.2 Å². The number of nitrogens with zero attached hydrogens (tertiary/aromatic N) is 2. The second-order valence-corrected chi connectivity index (χ2v) is 8.04. The highest BCUT2D eigenvalue weighted by Gasteiger charge is 2.47. The van der Waals surface area contributed by atoms with Crippen molar-refractivity contribution in [3.63, 3.8) is 0 Å². The van der Waals surface area contributed by atoms with Gasteiger partial charge in [-0.1, -0.05) is 12.1 Å². The summed E-state index contributed by atoms with van der Waals surface area (Å²) in [6.07, 6.45) is 2.55. The van der Waals surface area contributed by atoms with E-state index < -0.39 is 16.1 Å². The van der Waals surface area contributed by atoms with E-state index in [0.717, 1.165) is 12.8 Å². The Hall–Kier alpha value is -1.93. The SMILES string of the molecule is CNS(=O)(=O)c1cccc(C(C)N2C(=O)C3CCCCN3C2=O)c1. The van der Waals surface area contributed by atoms with Crippen LogP contribution in [0.15, 0.2) is 29.2 Å². The van der Waals surface area contributed by atoms with Crippen LogP contribution in [-0.4, -0.2) is 49.8 Å². The number of hydrogen-bond acceptors (Lipinski definition) is 4. The Bertz CT molecular complexity index is 753. The number of hydrogen-bond donors (Lipinski definition) is 1. The molecule has 2 saturated heterocycles. The third-order valence-corrected chi connectivity index (χ3v) is 6.20. The quantitative estimate of drug-likeness (QED) is 0.832. The molecule has 130 valence electrons. The highest BCUT2D eigenvalue weighted by Crippen LogP contribution is 2.33. The molecule has 2 aliphatic heterocycles. The summed E-state index contributed by atoms with van der Waals surface area (Å²) in [4.78, 5) is 28.3. The van der Waals surface area contributed by atoms with Crippen LogP contribution in [0.4, 0.5) is 4.79 Å². The molecule has 2 unspecified atom stereocenters. The van der Waals surface area contributed by atoms with E-state index in [-0.39, 0.29) is 22.9 Å². The van der Waals surface area contributed by atoms with Crippen molar-refractivity contribution in [2.75, 3.05) is 13.6 Å². The first-order valence-corrected chi connectivity index (χ1v) is 9.52. The molecule has 24 heavy (non-hydrogen) atoms. The molecule has 8 heteroatoms. The van der Waals surface area contributed by atoms with E-state index in [1.807, 2.05) is 0 Å². The minimum atomic E-state index is -3.57. The van der Waals surface area contributed by atoms with Crippen LogP contribution in [0, 0.1) is 0 Å². The highest BCUT2D eigenvalue weighted by atomic mass is 32.2. The van der Waals surface area contributed by atoms with Crippen molar-refractivity contribution in [1.82, 2.24) is 14.5 Å². The van der Waals surface area contributed by atoms with Crippen molar-refractivity contribution in [3.05, 3.63) is 29.8 Å². The number of imide groups is 1. The Kier molecular flexibility index (Phi) is 4.35. The van der Waals surface area contributed by atoms with Crippen LogP contribution in [0.25, 0.3) is 0 Å². The number of fused-ring (bicyclic) bond motifs is 1. The van der Waals surface area contributed by atoms with Crippen LogP contribution in [0.2, 0.25) is 0 Å². The van der Waals surface area contributed by atoms with E-state index in [1.54, 1.807) is 24.0 Å². The number of urea groups is 1. The van der Waals surface area contributed by atoms with Crippen LogP contribution in [-0.2, 0) is 14.8 Å². The summed E-state index contributed by atoms with van der Waals surface area (Å²) in [7, 11) is -2.23. The lowest BCUT2D eigenvalue weighted by molar-refractivity contribution is -0.130. The Morgan fingerprint density at radius 3 is 2.67 bits per heavy atom. The van der Waals surface area contributed by atoms with Gasteiger partial charge in [-0.3, -0.25) is 9.69 Å². The highest BCUT2D eigenvalue weighted by molar-refractivity contribution is 7.89. The summed E-state index contributed by atoms with van der Waals surface area (Å²) in [6, 6.07) is 5.19. The molecule has 7 nitrogen and oxygen atoms in total. The first-order valence-electron chi connectivity index (χ1n) is 8.04. The summed E-state index contributed by atoms with van der Waals surface area (Å²) in [5, 5.41) is 0. The first-order chi connectivity index (χ1) is 11.4. The van der Waals surface area contributed by atoms with Gasteiger partial charge in [-0.2, -0.15) is 0 Å². The Labute approximate surface area is 141 Å². The van der Waals surface area contributed by atoms with Gasteiger partial charge in [0.2, 0.25) is 10.0 Å². The maximum absolute atomic E-state index is 12.6. The van der Waals surface area contributed by atoms with Gasteiger partial charge in [-0.15, -0.1) is 0 Å². The van der Waals surface area contributed by atoms with Gasteiger partial charge in [0.15, 0.2) is 0 Å². The number of benzene rings is 1. The molecular formula is C16H21N3O4S. The molecule has 1 aromatic carbocycles. The molecule has 0 aliphatic carbocycles. The standard InChI is InChI=1S/C16H21N3O4S/c1-11(12-6-5-7-13(10-12)24(22,23)17-2)19-15(20)14-8-3-4-9-18(14)16(19)21/h5-7,10-11,14,17H,3-4,8-9H2,1-2H3. The van der Waals surface area contributed by atoms with E-state index in [9.17, 15) is 18.0 Å². The lowest BCUT2D eigenvalue weighted by atomic mass is 10.0. The average molecular weight is 351 g/mol.